The van der Waals surface area contributed by atoms with Gasteiger partial charge in [0.1, 0.15) is 0 Å². The summed E-state index contributed by atoms with van der Waals surface area (Å²) in [5.41, 5.74) is 15.3. The van der Waals surface area contributed by atoms with Gasteiger partial charge < -0.3 is 9.13 Å². The molecule has 13 aromatic rings. The van der Waals surface area contributed by atoms with Gasteiger partial charge in [0.15, 0.2) is 23.2 Å². The van der Waals surface area contributed by atoms with Gasteiger partial charge >= 0.3 is 0 Å². The van der Waals surface area contributed by atoms with Crippen molar-refractivity contribution in [1.29, 1.82) is 10.5 Å². The molecule has 0 aliphatic heterocycles. The first-order valence-electron chi connectivity index (χ1n) is 24.1. The summed E-state index contributed by atoms with van der Waals surface area (Å²) < 4.78 is 4.58. The minimum absolute atomic E-state index is 0.442. The van der Waals surface area contributed by atoms with Crippen LogP contribution in [0.1, 0.15) is 11.1 Å². The van der Waals surface area contributed by atoms with Crippen molar-refractivity contribution < 1.29 is 0 Å². The number of benzene rings is 10. The maximum absolute atomic E-state index is 10.0. The van der Waals surface area contributed by atoms with Gasteiger partial charge in [-0.05, 0) is 118 Å². The zero-order valence-corrected chi connectivity index (χ0v) is 39.5. The number of fused-ring (bicyclic) bond motifs is 6. The molecule has 0 aliphatic carbocycles. The fourth-order valence-electron chi connectivity index (χ4n) is 10.4. The van der Waals surface area contributed by atoms with Crippen LogP contribution >= 0.6 is 0 Å². The topological polar surface area (TPSA) is 100 Å². The third-order valence-electron chi connectivity index (χ3n) is 13.9. The molecule has 0 amide bonds. The molecule has 0 aliphatic rings. The van der Waals surface area contributed by atoms with Gasteiger partial charge in [0.2, 0.25) is 0 Å². The molecule has 342 valence electrons. The zero-order valence-electron chi connectivity index (χ0n) is 39.5. The molecule has 0 spiro atoms. The summed E-state index contributed by atoms with van der Waals surface area (Å²) in [6.45, 7) is 7.88. The van der Waals surface area contributed by atoms with Crippen LogP contribution in [0.2, 0.25) is 0 Å². The van der Waals surface area contributed by atoms with Crippen molar-refractivity contribution in [1.82, 2.24) is 24.1 Å². The Bertz CT molecular complexity index is 4190. The molecule has 3 heterocycles. The Morgan fingerprint density at radius 2 is 0.743 bits per heavy atom. The van der Waals surface area contributed by atoms with E-state index in [-0.39, 0.29) is 0 Å². The molecule has 3 aromatic heterocycles. The second-order valence-electron chi connectivity index (χ2n) is 18.1. The minimum atomic E-state index is 0.442. The fourth-order valence-corrected chi connectivity index (χ4v) is 10.4. The number of hydrogen-bond acceptors (Lipinski definition) is 5. The molecule has 13 rings (SSSR count). The summed E-state index contributed by atoms with van der Waals surface area (Å²) >= 11 is 0. The van der Waals surface area contributed by atoms with Crippen LogP contribution in [0, 0.1) is 29.2 Å². The second kappa shape index (κ2) is 17.9. The predicted molar refractivity (Wildman–Crippen MR) is 297 cm³/mol. The Labute approximate surface area is 426 Å². The van der Waals surface area contributed by atoms with Gasteiger partial charge in [-0.25, -0.2) is 19.8 Å². The van der Waals surface area contributed by atoms with E-state index >= 15 is 0 Å². The van der Waals surface area contributed by atoms with E-state index in [0.29, 0.717) is 34.3 Å². The Morgan fingerprint density at radius 3 is 1.24 bits per heavy atom. The molecule has 0 radical (unpaired) electrons. The summed E-state index contributed by atoms with van der Waals surface area (Å²) in [6.07, 6.45) is 0. The van der Waals surface area contributed by atoms with Crippen molar-refractivity contribution >= 4 is 49.3 Å². The zero-order chi connectivity index (χ0) is 49.7. The second-order valence-corrected chi connectivity index (χ2v) is 18.1. The molecule has 10 aromatic carbocycles. The molecule has 0 saturated heterocycles. The summed E-state index contributed by atoms with van der Waals surface area (Å²) in [4.78, 5) is 20.4. The van der Waals surface area contributed by atoms with Gasteiger partial charge in [-0.2, -0.15) is 10.5 Å². The van der Waals surface area contributed by atoms with Crippen LogP contribution in [-0.4, -0.2) is 24.1 Å². The van der Waals surface area contributed by atoms with Crippen molar-refractivity contribution in [2.45, 2.75) is 0 Å². The number of nitriles is 2. The van der Waals surface area contributed by atoms with Crippen LogP contribution in [0.25, 0.3) is 127 Å². The summed E-state index contributed by atoms with van der Waals surface area (Å²) in [7, 11) is 0. The maximum atomic E-state index is 10.0. The van der Waals surface area contributed by atoms with Gasteiger partial charge in [0, 0.05) is 38.2 Å². The first-order valence-corrected chi connectivity index (χ1v) is 24.1. The first-order chi connectivity index (χ1) is 36.5. The fraction of sp³-hybridized carbons (Fsp3) is 0. The van der Waals surface area contributed by atoms with E-state index in [2.05, 4.69) is 166 Å². The van der Waals surface area contributed by atoms with Gasteiger partial charge in [0.25, 0.3) is 0 Å². The first kappa shape index (κ1) is 43.3. The van der Waals surface area contributed by atoms with Gasteiger partial charge in [0.05, 0.1) is 63.3 Å². The van der Waals surface area contributed by atoms with Crippen molar-refractivity contribution in [3.63, 3.8) is 0 Å². The molecular weight excluding hydrogens is 905 g/mol. The molecule has 8 heteroatoms. The van der Waals surface area contributed by atoms with Crippen LogP contribution in [0.3, 0.4) is 0 Å². The highest BCUT2D eigenvalue weighted by atomic mass is 15.1. The summed E-state index contributed by atoms with van der Waals surface area (Å²) in [5, 5.41) is 24.1. The Balaban J connectivity index is 1.14. The lowest BCUT2D eigenvalue weighted by atomic mass is 9.98. The molecule has 0 atom stereocenters. The molecule has 0 unspecified atom stereocenters. The third-order valence-corrected chi connectivity index (χ3v) is 13.9. The lowest BCUT2D eigenvalue weighted by Crippen LogP contribution is -2.06. The maximum Gasteiger partial charge on any atom is 0.187 e. The van der Waals surface area contributed by atoms with Gasteiger partial charge in [-0.1, -0.05) is 146 Å². The standard InChI is InChI=1S/C66H38N8/c1-69-51-18-12-16-47(37-51)49-32-34-63(74-60-25-8-4-21-54(60)55-22-5-9-26-61(55)74)57(39-49)66-71-64(50-17-11-15-46(36-50)44-29-27-42(40-67)28-30-44)70-65(72-66)56-38-48(45-14-10-13-43(35-45)41-68)31-33-62(56)73-58-23-6-2-19-52(58)53-20-3-7-24-59(53)73/h2-39H. The number of aromatic nitrogens is 5. The largest absolute Gasteiger partial charge is 0.309 e. The van der Waals surface area contributed by atoms with Crippen molar-refractivity contribution in [3.8, 4) is 91.1 Å². The molecular formula is C66H38N8. The Kier molecular flexibility index (Phi) is 10.5. The van der Waals surface area contributed by atoms with Crippen LogP contribution in [0.5, 0.6) is 0 Å². The average molecular weight is 943 g/mol. The molecule has 0 N–H and O–H groups in total. The average Bonchev–Trinajstić information content (AvgIpc) is 4.00. The predicted octanol–water partition coefficient (Wildman–Crippen LogP) is 16.4. The van der Waals surface area contributed by atoms with E-state index in [4.69, 9.17) is 21.5 Å². The highest BCUT2D eigenvalue weighted by Gasteiger charge is 2.24. The molecule has 8 nitrogen and oxygen atoms in total. The van der Waals surface area contributed by atoms with E-state index in [0.717, 1.165) is 105 Å². The van der Waals surface area contributed by atoms with Crippen LogP contribution < -0.4 is 0 Å². The molecule has 74 heavy (non-hydrogen) atoms. The van der Waals surface area contributed by atoms with Gasteiger partial charge in [-0.3, -0.25) is 0 Å². The van der Waals surface area contributed by atoms with Crippen molar-refractivity contribution in [2.75, 3.05) is 0 Å². The lowest BCUT2D eigenvalue weighted by Gasteiger charge is -2.18. The van der Waals surface area contributed by atoms with Crippen LogP contribution in [0.15, 0.2) is 231 Å². The summed E-state index contributed by atoms with van der Waals surface area (Å²) in [5.74, 6) is 1.34. The Morgan fingerprint density at radius 1 is 0.338 bits per heavy atom. The normalized spacial score (nSPS) is 11.2. The van der Waals surface area contributed by atoms with Gasteiger partial charge in [-0.15, -0.1) is 0 Å². The number of para-hydroxylation sites is 4. The molecule has 0 saturated carbocycles. The van der Waals surface area contributed by atoms with Crippen molar-refractivity contribution in [2.24, 2.45) is 0 Å². The van der Waals surface area contributed by atoms with E-state index < -0.39 is 0 Å². The van der Waals surface area contributed by atoms with Crippen molar-refractivity contribution in [3.05, 3.63) is 253 Å². The smallest absolute Gasteiger partial charge is 0.187 e. The molecule has 0 fully saturated rings. The number of rotatable bonds is 8. The minimum Gasteiger partial charge on any atom is -0.309 e. The van der Waals surface area contributed by atoms with E-state index in [1.807, 2.05) is 91.0 Å². The summed E-state index contributed by atoms with van der Waals surface area (Å²) in [6, 6.07) is 82.1. The Hall–Kier alpha value is -10.7. The van der Waals surface area contributed by atoms with E-state index in [9.17, 15) is 10.5 Å². The van der Waals surface area contributed by atoms with E-state index in [1.54, 1.807) is 0 Å². The third kappa shape index (κ3) is 7.42. The lowest BCUT2D eigenvalue weighted by molar-refractivity contribution is 1.06. The van der Waals surface area contributed by atoms with Crippen LogP contribution in [-0.2, 0) is 0 Å². The quantitative estimate of drug-likeness (QED) is 0.141. The number of hydrogen-bond donors (Lipinski definition) is 0. The van der Waals surface area contributed by atoms with Crippen LogP contribution in [0.4, 0.5) is 5.69 Å². The SMILES string of the molecule is [C-]#[N+]c1cccc(-c2ccc(-n3c4ccccc4c4ccccc43)c(-c3nc(-c4cccc(-c5ccc(C#N)cc5)c4)nc(-c4cc(-c5cccc(C#N)c5)ccc4-n4c5ccccc5c5ccccc54)n3)c2)c1. The monoisotopic (exact) mass is 942 g/mol. The highest BCUT2D eigenvalue weighted by Crippen LogP contribution is 2.42. The number of nitrogens with zero attached hydrogens (tertiary/aromatic N) is 8. The molecule has 0 bridgehead atoms. The van der Waals surface area contributed by atoms with E-state index in [1.165, 1.54) is 0 Å². The highest BCUT2D eigenvalue weighted by molar-refractivity contribution is 6.11.